The maximum Gasteiger partial charge on any atom is 0.259 e. The van der Waals surface area contributed by atoms with Gasteiger partial charge in [-0.3, -0.25) is 19.7 Å². The van der Waals surface area contributed by atoms with Crippen LogP contribution in [0.5, 0.6) is 0 Å². The van der Waals surface area contributed by atoms with E-state index in [1.54, 1.807) is 12.1 Å². The predicted molar refractivity (Wildman–Crippen MR) is 83.9 cm³/mol. The van der Waals surface area contributed by atoms with Crippen LogP contribution in [0.25, 0.3) is 0 Å². The number of nitrogens with one attached hydrogen (secondary N) is 2. The fourth-order valence-corrected chi connectivity index (χ4v) is 2.30. The molecule has 0 bridgehead atoms. The lowest BCUT2D eigenvalue weighted by Gasteiger charge is -2.15. The summed E-state index contributed by atoms with van der Waals surface area (Å²) >= 11 is 0. The predicted octanol–water partition coefficient (Wildman–Crippen LogP) is 1.63. The van der Waals surface area contributed by atoms with Crippen molar-refractivity contribution in [2.24, 2.45) is 0 Å². The minimum absolute atomic E-state index is 0.104. The lowest BCUT2D eigenvalue weighted by molar-refractivity contribution is -0.116. The Labute approximate surface area is 129 Å². The third-order valence-electron chi connectivity index (χ3n) is 3.63. The SMILES string of the molecule is CCCCN(C)CCC(=O)Nc1ccc2c(c1)C(=O)NC2=O. The monoisotopic (exact) mass is 303 g/mol. The number of carbonyl (C=O) groups is 3. The summed E-state index contributed by atoms with van der Waals surface area (Å²) in [6.45, 7) is 3.80. The van der Waals surface area contributed by atoms with Crippen molar-refractivity contribution < 1.29 is 14.4 Å². The molecule has 0 spiro atoms. The second-order valence-electron chi connectivity index (χ2n) is 5.50. The third kappa shape index (κ3) is 3.92. The van der Waals surface area contributed by atoms with E-state index in [1.807, 2.05) is 7.05 Å². The molecule has 1 heterocycles. The molecule has 6 nitrogen and oxygen atoms in total. The molecule has 1 aromatic carbocycles. The standard InChI is InChI=1S/C16H21N3O3/c1-3-4-8-19(2)9-7-14(20)17-11-5-6-12-13(10-11)16(22)18-15(12)21/h5-6,10H,3-4,7-9H2,1-2H3,(H,17,20)(H,18,21,22). The van der Waals surface area contributed by atoms with Crippen LogP contribution in [0.2, 0.25) is 0 Å². The Morgan fingerprint density at radius 2 is 1.91 bits per heavy atom. The number of benzene rings is 1. The van der Waals surface area contributed by atoms with Crippen molar-refractivity contribution in [3.63, 3.8) is 0 Å². The topological polar surface area (TPSA) is 78.5 Å². The van der Waals surface area contributed by atoms with Crippen LogP contribution in [0, 0.1) is 0 Å². The molecular formula is C16H21N3O3. The Hall–Kier alpha value is -2.21. The van der Waals surface area contributed by atoms with Crippen LogP contribution in [-0.4, -0.2) is 42.8 Å². The van der Waals surface area contributed by atoms with E-state index in [9.17, 15) is 14.4 Å². The molecular weight excluding hydrogens is 282 g/mol. The molecule has 1 aliphatic rings. The number of unbranched alkanes of at least 4 members (excludes halogenated alkanes) is 1. The van der Waals surface area contributed by atoms with Gasteiger partial charge in [0.15, 0.2) is 0 Å². The third-order valence-corrected chi connectivity index (χ3v) is 3.63. The molecule has 0 atom stereocenters. The summed E-state index contributed by atoms with van der Waals surface area (Å²) in [4.78, 5) is 37.1. The first-order chi connectivity index (χ1) is 10.5. The lowest BCUT2D eigenvalue weighted by Crippen LogP contribution is -2.25. The Morgan fingerprint density at radius 3 is 2.64 bits per heavy atom. The van der Waals surface area contributed by atoms with Gasteiger partial charge in [-0.1, -0.05) is 13.3 Å². The molecule has 0 saturated carbocycles. The fourth-order valence-electron chi connectivity index (χ4n) is 2.30. The van der Waals surface area contributed by atoms with Gasteiger partial charge in [-0.05, 0) is 38.2 Å². The van der Waals surface area contributed by atoms with Crippen LogP contribution < -0.4 is 10.6 Å². The Kier molecular flexibility index (Phi) is 5.27. The molecule has 0 saturated heterocycles. The largest absolute Gasteiger partial charge is 0.326 e. The summed E-state index contributed by atoms with van der Waals surface area (Å²) in [6.07, 6.45) is 2.64. The second-order valence-corrected chi connectivity index (χ2v) is 5.50. The summed E-state index contributed by atoms with van der Waals surface area (Å²) in [6, 6.07) is 4.72. The van der Waals surface area contributed by atoms with Gasteiger partial charge in [0.1, 0.15) is 0 Å². The fraction of sp³-hybridized carbons (Fsp3) is 0.438. The number of amides is 3. The van der Waals surface area contributed by atoms with Crippen molar-refractivity contribution >= 4 is 23.4 Å². The van der Waals surface area contributed by atoms with E-state index in [4.69, 9.17) is 0 Å². The summed E-state index contributed by atoms with van der Waals surface area (Å²) in [5, 5.41) is 4.99. The van der Waals surface area contributed by atoms with Crippen LogP contribution in [0.15, 0.2) is 18.2 Å². The number of carbonyl (C=O) groups excluding carboxylic acids is 3. The van der Waals surface area contributed by atoms with Crippen molar-refractivity contribution in [1.29, 1.82) is 0 Å². The van der Waals surface area contributed by atoms with Gasteiger partial charge in [0.25, 0.3) is 11.8 Å². The molecule has 118 valence electrons. The maximum absolute atomic E-state index is 11.9. The van der Waals surface area contributed by atoms with Crippen LogP contribution in [0.1, 0.15) is 46.9 Å². The molecule has 1 aromatic rings. The van der Waals surface area contributed by atoms with Gasteiger partial charge >= 0.3 is 0 Å². The van der Waals surface area contributed by atoms with E-state index in [-0.39, 0.29) is 5.91 Å². The average Bonchev–Trinajstić information content (AvgIpc) is 2.77. The Morgan fingerprint density at radius 1 is 1.18 bits per heavy atom. The molecule has 22 heavy (non-hydrogen) atoms. The van der Waals surface area contributed by atoms with Gasteiger partial charge in [-0.15, -0.1) is 0 Å². The van der Waals surface area contributed by atoms with Crippen molar-refractivity contribution in [2.75, 3.05) is 25.5 Å². The van der Waals surface area contributed by atoms with Crippen molar-refractivity contribution in [3.8, 4) is 0 Å². The smallest absolute Gasteiger partial charge is 0.259 e. The Bertz CT molecular complexity index is 598. The minimum Gasteiger partial charge on any atom is -0.326 e. The molecule has 0 fully saturated rings. The zero-order valence-corrected chi connectivity index (χ0v) is 12.9. The minimum atomic E-state index is -0.421. The lowest BCUT2D eigenvalue weighted by atomic mass is 10.1. The first-order valence-corrected chi connectivity index (χ1v) is 7.49. The van der Waals surface area contributed by atoms with Crippen LogP contribution in [0.3, 0.4) is 0 Å². The number of hydrogen-bond donors (Lipinski definition) is 2. The van der Waals surface area contributed by atoms with Gasteiger partial charge in [0, 0.05) is 18.7 Å². The summed E-state index contributed by atoms with van der Waals surface area (Å²) in [7, 11) is 1.99. The molecule has 2 N–H and O–H groups in total. The number of imide groups is 1. The molecule has 0 radical (unpaired) electrons. The zero-order chi connectivity index (χ0) is 16.1. The normalized spacial score (nSPS) is 13.2. The first-order valence-electron chi connectivity index (χ1n) is 7.49. The van der Waals surface area contributed by atoms with E-state index in [0.29, 0.717) is 29.8 Å². The second kappa shape index (κ2) is 7.17. The number of rotatable bonds is 7. The molecule has 3 amide bonds. The highest BCUT2D eigenvalue weighted by Crippen LogP contribution is 2.20. The van der Waals surface area contributed by atoms with Crippen molar-refractivity contribution in [1.82, 2.24) is 10.2 Å². The van der Waals surface area contributed by atoms with E-state index < -0.39 is 11.8 Å². The molecule has 0 aromatic heterocycles. The van der Waals surface area contributed by atoms with E-state index >= 15 is 0 Å². The highest BCUT2D eigenvalue weighted by molar-refractivity contribution is 6.22. The summed E-state index contributed by atoms with van der Waals surface area (Å²) in [5.41, 5.74) is 1.19. The van der Waals surface area contributed by atoms with E-state index in [2.05, 4.69) is 22.5 Å². The zero-order valence-electron chi connectivity index (χ0n) is 12.9. The first kappa shape index (κ1) is 16.2. The number of fused-ring (bicyclic) bond motifs is 1. The highest BCUT2D eigenvalue weighted by Gasteiger charge is 2.26. The molecule has 6 heteroatoms. The molecule has 0 aliphatic carbocycles. The molecule has 2 rings (SSSR count). The summed E-state index contributed by atoms with van der Waals surface area (Å²) in [5.74, 6) is -0.918. The van der Waals surface area contributed by atoms with Gasteiger partial charge in [-0.2, -0.15) is 0 Å². The van der Waals surface area contributed by atoms with Gasteiger partial charge < -0.3 is 10.2 Å². The average molecular weight is 303 g/mol. The van der Waals surface area contributed by atoms with E-state index in [1.165, 1.54) is 6.07 Å². The van der Waals surface area contributed by atoms with Crippen LogP contribution in [0.4, 0.5) is 5.69 Å². The quantitative estimate of drug-likeness (QED) is 0.750. The van der Waals surface area contributed by atoms with Gasteiger partial charge in [-0.25, -0.2) is 0 Å². The van der Waals surface area contributed by atoms with Crippen molar-refractivity contribution in [3.05, 3.63) is 29.3 Å². The molecule has 0 unspecified atom stereocenters. The Balaban J connectivity index is 1.89. The highest BCUT2D eigenvalue weighted by atomic mass is 16.2. The van der Waals surface area contributed by atoms with Gasteiger partial charge in [0.05, 0.1) is 11.1 Å². The van der Waals surface area contributed by atoms with Crippen LogP contribution in [-0.2, 0) is 4.79 Å². The number of nitrogens with zero attached hydrogens (tertiary/aromatic N) is 1. The van der Waals surface area contributed by atoms with Crippen molar-refractivity contribution in [2.45, 2.75) is 26.2 Å². The molecule has 1 aliphatic heterocycles. The number of anilines is 1. The number of hydrogen-bond acceptors (Lipinski definition) is 4. The summed E-state index contributed by atoms with van der Waals surface area (Å²) < 4.78 is 0. The van der Waals surface area contributed by atoms with Crippen LogP contribution >= 0.6 is 0 Å². The van der Waals surface area contributed by atoms with E-state index in [0.717, 1.165) is 19.4 Å². The van der Waals surface area contributed by atoms with Gasteiger partial charge in [0.2, 0.25) is 5.91 Å². The maximum atomic E-state index is 11.9.